The molecule has 2 aromatic rings. The number of halogens is 4. The smallest absolute Gasteiger partial charge is 0.418 e. The quantitative estimate of drug-likeness (QED) is 0.291. The van der Waals surface area contributed by atoms with E-state index in [4.69, 9.17) is 13.2 Å². The van der Waals surface area contributed by atoms with Crippen LogP contribution in [0.2, 0.25) is 0 Å². The number of ether oxygens (including phenoxy) is 1. The second-order valence-electron chi connectivity index (χ2n) is 10.7. The standard InChI is InChI=1S/C23H27F4N3O4S.C6H14N2.H3NO2S/c1-3-15-35(32,33)30(18-7-5-17(24)6-8-18)19-9-10-21(20(16-19)23(25,26)27)28-11-13-29(14-12-28)22(31)34-4-2;1-6-5-7-3-4-8(6)2;1-4(2)3/h5-10,16H,3-4,11-15H2,1-2H3;6-7H,3-5H2,1-2H3;4H,(H2,1,2,3). The van der Waals surface area contributed by atoms with Crippen LogP contribution in [0.15, 0.2) is 42.5 Å². The molecule has 266 valence electrons. The number of hydrogen-bond donors (Lipinski definition) is 3. The molecule has 12 nitrogen and oxygen atoms in total. The number of hydrogen-bond acceptors (Lipinski definition) is 9. The van der Waals surface area contributed by atoms with Crippen molar-refractivity contribution in [2.75, 3.05) is 74.4 Å². The van der Waals surface area contributed by atoms with Gasteiger partial charge in [0.1, 0.15) is 5.82 Å². The molecular formula is C29H44F4N6O6S2. The van der Waals surface area contributed by atoms with E-state index in [0.717, 1.165) is 41.6 Å². The van der Waals surface area contributed by atoms with Gasteiger partial charge in [-0.1, -0.05) is 6.92 Å². The van der Waals surface area contributed by atoms with Gasteiger partial charge in [-0.3, -0.25) is 0 Å². The highest BCUT2D eigenvalue weighted by Crippen LogP contribution is 2.41. The molecule has 1 unspecified atom stereocenters. The number of carbonyl (C=O) groups excluding carboxylic acids is 1. The molecule has 3 N–H and O–H groups in total. The van der Waals surface area contributed by atoms with E-state index >= 15 is 0 Å². The van der Waals surface area contributed by atoms with Crippen molar-refractivity contribution in [3.63, 3.8) is 0 Å². The van der Waals surface area contributed by atoms with Gasteiger partial charge in [0, 0.05) is 57.5 Å². The summed E-state index contributed by atoms with van der Waals surface area (Å²) in [7, 11) is -4.49. The molecule has 1 amide bonds. The summed E-state index contributed by atoms with van der Waals surface area (Å²) < 4.78 is 105. The van der Waals surface area contributed by atoms with E-state index in [1.807, 2.05) is 0 Å². The Hall–Kier alpha value is -3.19. The van der Waals surface area contributed by atoms with Gasteiger partial charge in [-0.05, 0) is 69.8 Å². The topological polar surface area (TPSA) is 146 Å². The van der Waals surface area contributed by atoms with Gasteiger partial charge in [0.25, 0.3) is 0 Å². The van der Waals surface area contributed by atoms with Crippen LogP contribution in [-0.2, 0) is 31.8 Å². The number of nitrogens with one attached hydrogen (secondary N) is 1. The van der Waals surface area contributed by atoms with Crippen LogP contribution >= 0.6 is 0 Å². The van der Waals surface area contributed by atoms with Crippen molar-refractivity contribution < 1.29 is 43.9 Å². The minimum atomic E-state index is -4.77. The monoisotopic (exact) mass is 712 g/mol. The zero-order chi connectivity index (χ0) is 35.4. The molecule has 2 aromatic carbocycles. The summed E-state index contributed by atoms with van der Waals surface area (Å²) in [6.45, 7) is 9.92. The lowest BCUT2D eigenvalue weighted by Crippen LogP contribution is -2.49. The molecule has 2 aliphatic heterocycles. The van der Waals surface area contributed by atoms with Crippen molar-refractivity contribution >= 4 is 44.1 Å². The first kappa shape index (κ1) is 40.0. The fourth-order valence-corrected chi connectivity index (χ4v) is 6.41. The molecule has 0 aromatic heterocycles. The van der Waals surface area contributed by atoms with Crippen molar-refractivity contribution in [1.82, 2.24) is 15.1 Å². The minimum absolute atomic E-state index is 0.0313. The Kier molecular flexibility index (Phi) is 15.6. The Labute approximate surface area is 275 Å². The van der Waals surface area contributed by atoms with Crippen molar-refractivity contribution in [3.05, 3.63) is 53.8 Å². The third-order valence-electron chi connectivity index (χ3n) is 7.30. The number of piperazine rings is 2. The first-order valence-electron chi connectivity index (χ1n) is 15.0. The SMILES string of the molecule is CC1CNCCN1C.CCCS(=O)(=O)N(c1ccc(F)cc1)c1ccc(N2CCN(C(=O)OCC)CC2)c(C(F)(F)F)c1.N[SH](=O)=O. The predicted molar refractivity (Wildman–Crippen MR) is 174 cm³/mol. The van der Waals surface area contributed by atoms with Gasteiger partial charge < -0.3 is 24.8 Å². The molecule has 2 heterocycles. The van der Waals surface area contributed by atoms with Crippen LogP contribution in [0.1, 0.15) is 32.8 Å². The number of carbonyl (C=O) groups is 1. The first-order valence-corrected chi connectivity index (χ1v) is 17.8. The van der Waals surface area contributed by atoms with Crippen LogP contribution in [0.5, 0.6) is 0 Å². The zero-order valence-electron chi connectivity index (χ0n) is 26.9. The van der Waals surface area contributed by atoms with Gasteiger partial charge in [-0.25, -0.2) is 35.5 Å². The van der Waals surface area contributed by atoms with Crippen LogP contribution < -0.4 is 19.7 Å². The van der Waals surface area contributed by atoms with Crippen molar-refractivity contribution in [2.24, 2.45) is 5.14 Å². The molecule has 47 heavy (non-hydrogen) atoms. The van der Waals surface area contributed by atoms with Gasteiger partial charge in [-0.15, -0.1) is 0 Å². The molecule has 2 aliphatic rings. The second-order valence-corrected chi connectivity index (χ2v) is 13.3. The number of anilines is 3. The predicted octanol–water partition coefficient (Wildman–Crippen LogP) is 3.38. The molecule has 2 fully saturated rings. The van der Waals surface area contributed by atoms with E-state index in [1.165, 1.54) is 40.6 Å². The number of amides is 1. The normalized spacial score (nSPS) is 17.3. The largest absolute Gasteiger partial charge is 0.450 e. The molecule has 0 spiro atoms. The fraction of sp³-hybridized carbons (Fsp3) is 0.552. The van der Waals surface area contributed by atoms with Gasteiger partial charge >= 0.3 is 12.3 Å². The van der Waals surface area contributed by atoms with E-state index in [2.05, 4.69) is 29.3 Å². The summed E-state index contributed by atoms with van der Waals surface area (Å²) in [6, 6.07) is 8.57. The Morgan fingerprint density at radius 1 is 1.04 bits per heavy atom. The number of rotatable bonds is 7. The number of nitrogens with zero attached hydrogens (tertiary/aromatic N) is 4. The van der Waals surface area contributed by atoms with Gasteiger partial charge in [0.05, 0.1) is 29.3 Å². The van der Waals surface area contributed by atoms with Crippen LogP contribution in [0.4, 0.5) is 39.4 Å². The van der Waals surface area contributed by atoms with Gasteiger partial charge in [-0.2, -0.15) is 13.2 Å². The summed E-state index contributed by atoms with van der Waals surface area (Å²) in [4.78, 5) is 17.2. The summed E-state index contributed by atoms with van der Waals surface area (Å²) in [5.74, 6) is -0.904. The highest BCUT2D eigenvalue weighted by Gasteiger charge is 2.37. The van der Waals surface area contributed by atoms with Crippen molar-refractivity contribution in [3.8, 4) is 0 Å². The Morgan fingerprint density at radius 3 is 2.09 bits per heavy atom. The Balaban J connectivity index is 0.000000537. The number of benzene rings is 2. The lowest BCUT2D eigenvalue weighted by Gasteiger charge is -2.37. The van der Waals surface area contributed by atoms with Crippen LogP contribution in [-0.4, -0.2) is 104 Å². The fourth-order valence-electron chi connectivity index (χ4n) is 4.84. The summed E-state index contributed by atoms with van der Waals surface area (Å²) in [5, 5.41) is 7.39. The average molecular weight is 713 g/mol. The maximum absolute atomic E-state index is 14.1. The highest BCUT2D eigenvalue weighted by molar-refractivity contribution is 7.93. The van der Waals surface area contributed by atoms with Crippen LogP contribution in [0, 0.1) is 5.82 Å². The second kappa shape index (κ2) is 18.4. The molecule has 0 saturated carbocycles. The van der Waals surface area contributed by atoms with E-state index in [-0.39, 0.29) is 62.0 Å². The highest BCUT2D eigenvalue weighted by atomic mass is 32.2. The zero-order valence-corrected chi connectivity index (χ0v) is 28.6. The maximum atomic E-state index is 14.1. The molecule has 2 saturated heterocycles. The van der Waals surface area contributed by atoms with E-state index in [1.54, 1.807) is 13.8 Å². The lowest BCUT2D eigenvalue weighted by molar-refractivity contribution is -0.137. The van der Waals surface area contributed by atoms with E-state index < -0.39 is 44.6 Å². The average Bonchev–Trinajstić information content (AvgIpc) is 2.99. The third-order valence-corrected chi connectivity index (χ3v) is 9.20. The number of sulfonamides is 1. The lowest BCUT2D eigenvalue weighted by atomic mass is 10.1. The summed E-state index contributed by atoms with van der Waals surface area (Å²) in [5.41, 5.74) is -1.29. The molecule has 4 rings (SSSR count). The van der Waals surface area contributed by atoms with Crippen molar-refractivity contribution in [2.45, 2.75) is 39.4 Å². The molecular weight excluding hydrogens is 668 g/mol. The van der Waals surface area contributed by atoms with E-state index in [9.17, 15) is 30.8 Å². The summed E-state index contributed by atoms with van der Waals surface area (Å²) >= 11 is 0. The van der Waals surface area contributed by atoms with Gasteiger partial charge in [0.2, 0.25) is 10.0 Å². The number of likely N-dealkylation sites (N-methyl/N-ethyl adjacent to an activating group) is 1. The molecule has 0 radical (unpaired) electrons. The van der Waals surface area contributed by atoms with Crippen molar-refractivity contribution in [1.29, 1.82) is 0 Å². The van der Waals surface area contributed by atoms with Crippen LogP contribution in [0.25, 0.3) is 0 Å². The maximum Gasteiger partial charge on any atom is 0.418 e. The first-order chi connectivity index (χ1) is 22.0. The number of nitrogens with two attached hydrogens (primary N) is 1. The summed E-state index contributed by atoms with van der Waals surface area (Å²) in [6.07, 6.45) is -5.05. The van der Waals surface area contributed by atoms with Gasteiger partial charge in [0.15, 0.2) is 10.9 Å². The minimum Gasteiger partial charge on any atom is -0.450 e. The molecule has 1 atom stereocenters. The molecule has 0 aliphatic carbocycles. The third kappa shape index (κ3) is 12.4. The molecule has 18 heteroatoms. The van der Waals surface area contributed by atoms with E-state index in [0.29, 0.717) is 0 Å². The molecule has 0 bridgehead atoms. The van der Waals surface area contributed by atoms with Crippen LogP contribution in [0.3, 0.4) is 0 Å². The Bertz CT molecular complexity index is 1450. The Morgan fingerprint density at radius 2 is 1.62 bits per heavy atom. The number of thiol groups is 1. The number of alkyl halides is 3.